The predicted octanol–water partition coefficient (Wildman–Crippen LogP) is 3.68. The number of likely N-dealkylation sites (tertiary alicyclic amines) is 1. The van der Waals surface area contributed by atoms with Crippen molar-refractivity contribution in [3.63, 3.8) is 0 Å². The summed E-state index contributed by atoms with van der Waals surface area (Å²) >= 11 is 0. The smallest absolute Gasteiger partial charge is 0.239 e. The van der Waals surface area contributed by atoms with Gasteiger partial charge in [-0.25, -0.2) is 4.39 Å². The fourth-order valence-electron chi connectivity index (χ4n) is 7.54. The first-order chi connectivity index (χ1) is 15.3. The Labute approximate surface area is 190 Å². The van der Waals surface area contributed by atoms with Crippen LogP contribution in [0.2, 0.25) is 0 Å². The minimum atomic E-state index is -0.247. The van der Waals surface area contributed by atoms with Crippen molar-refractivity contribution in [1.29, 1.82) is 0 Å². The van der Waals surface area contributed by atoms with E-state index in [1.165, 1.54) is 31.4 Å². The average molecular weight is 442 g/mol. The predicted molar refractivity (Wildman–Crippen MR) is 121 cm³/mol. The van der Waals surface area contributed by atoms with Crippen LogP contribution >= 0.6 is 0 Å². The molecule has 2 amide bonds. The summed E-state index contributed by atoms with van der Waals surface area (Å²) in [5, 5.41) is 0. The maximum Gasteiger partial charge on any atom is 0.239 e. The van der Waals surface area contributed by atoms with Crippen molar-refractivity contribution >= 4 is 11.8 Å². The molecule has 174 valence electrons. The van der Waals surface area contributed by atoms with E-state index in [1.807, 2.05) is 12.1 Å². The van der Waals surface area contributed by atoms with Crippen LogP contribution in [-0.4, -0.2) is 65.3 Å². The zero-order valence-corrected chi connectivity index (χ0v) is 19.4. The first-order valence-electron chi connectivity index (χ1n) is 12.3. The zero-order chi connectivity index (χ0) is 22.5. The van der Waals surface area contributed by atoms with Crippen molar-refractivity contribution in [2.45, 2.75) is 69.5 Å². The van der Waals surface area contributed by atoms with Gasteiger partial charge in [-0.1, -0.05) is 12.1 Å². The Hall–Kier alpha value is -1.95. The van der Waals surface area contributed by atoms with E-state index in [9.17, 15) is 14.0 Å². The van der Waals surface area contributed by atoms with E-state index in [4.69, 9.17) is 0 Å². The lowest BCUT2D eigenvalue weighted by Crippen LogP contribution is -2.62. The van der Waals surface area contributed by atoms with Crippen molar-refractivity contribution in [2.24, 2.45) is 17.8 Å². The molecule has 0 spiro atoms. The molecule has 4 saturated carbocycles. The molecule has 32 heavy (non-hydrogen) atoms. The third-order valence-corrected chi connectivity index (χ3v) is 8.56. The SMILES string of the molecule is CN(C)C(=O)[C@@H]1CCCN1CC(=O)N(Cc1ccc(F)cc1)C12CC3CC(CC(C3)C1)C2. The molecule has 1 aromatic rings. The number of rotatable bonds is 6. The lowest BCUT2D eigenvalue weighted by Gasteiger charge is -2.60. The Morgan fingerprint density at radius 2 is 1.62 bits per heavy atom. The molecule has 6 heteroatoms. The van der Waals surface area contributed by atoms with Gasteiger partial charge in [0.2, 0.25) is 11.8 Å². The van der Waals surface area contributed by atoms with Crippen LogP contribution in [0, 0.1) is 23.6 Å². The maximum atomic E-state index is 13.9. The van der Waals surface area contributed by atoms with E-state index in [2.05, 4.69) is 9.80 Å². The molecule has 1 aromatic carbocycles. The standard InChI is InChI=1S/C26H36FN3O2/c1-28(2)25(32)23-4-3-9-29(23)17-24(31)30(16-18-5-7-22(27)8-6-18)26-13-19-10-20(14-26)12-21(11-19)15-26/h5-8,19-21,23H,3-4,9-17H2,1-2H3/t19?,20?,21?,23-,26?/m0/s1. The first kappa shape index (κ1) is 21.9. The number of amides is 2. The van der Waals surface area contributed by atoms with Crippen molar-refractivity contribution in [3.8, 4) is 0 Å². The molecule has 4 bridgehead atoms. The molecule has 0 unspecified atom stereocenters. The second-order valence-electron chi connectivity index (χ2n) is 11.1. The summed E-state index contributed by atoms with van der Waals surface area (Å²) in [4.78, 5) is 32.5. The summed E-state index contributed by atoms with van der Waals surface area (Å²) in [7, 11) is 3.58. The number of carbonyl (C=O) groups is 2. The molecule has 5 nitrogen and oxygen atoms in total. The van der Waals surface area contributed by atoms with Crippen LogP contribution in [0.25, 0.3) is 0 Å². The van der Waals surface area contributed by atoms with Gasteiger partial charge < -0.3 is 9.80 Å². The first-order valence-corrected chi connectivity index (χ1v) is 12.3. The summed E-state index contributed by atoms with van der Waals surface area (Å²) < 4.78 is 13.5. The maximum absolute atomic E-state index is 13.9. The number of hydrogen-bond donors (Lipinski definition) is 0. The number of nitrogens with zero attached hydrogens (tertiary/aromatic N) is 3. The summed E-state index contributed by atoms with van der Waals surface area (Å²) in [6.07, 6.45) is 9.05. The molecule has 1 saturated heterocycles. The monoisotopic (exact) mass is 441 g/mol. The van der Waals surface area contributed by atoms with Gasteiger partial charge in [0.25, 0.3) is 0 Å². The van der Waals surface area contributed by atoms with Gasteiger partial charge in [-0.15, -0.1) is 0 Å². The third-order valence-electron chi connectivity index (χ3n) is 8.56. The highest BCUT2D eigenvalue weighted by Gasteiger charge is 2.54. The fraction of sp³-hybridized carbons (Fsp3) is 0.692. The van der Waals surface area contributed by atoms with Gasteiger partial charge in [0.1, 0.15) is 5.82 Å². The van der Waals surface area contributed by atoms with E-state index in [0.29, 0.717) is 13.1 Å². The van der Waals surface area contributed by atoms with Gasteiger partial charge in [0, 0.05) is 26.2 Å². The molecule has 1 atom stereocenters. The zero-order valence-electron chi connectivity index (χ0n) is 19.4. The molecular weight excluding hydrogens is 405 g/mol. The summed E-state index contributed by atoms with van der Waals surface area (Å²) in [6, 6.07) is 6.40. The quantitative estimate of drug-likeness (QED) is 0.677. The molecule has 0 aromatic heterocycles. The Morgan fingerprint density at radius 3 is 2.19 bits per heavy atom. The summed E-state index contributed by atoms with van der Waals surface area (Å²) in [5.74, 6) is 2.19. The molecular formula is C26H36FN3O2. The van der Waals surface area contributed by atoms with Crippen molar-refractivity contribution < 1.29 is 14.0 Å². The van der Waals surface area contributed by atoms with E-state index >= 15 is 0 Å². The minimum absolute atomic E-state index is 0.0685. The van der Waals surface area contributed by atoms with Gasteiger partial charge in [0.05, 0.1) is 12.6 Å². The van der Waals surface area contributed by atoms with Crippen LogP contribution in [0.3, 0.4) is 0 Å². The van der Waals surface area contributed by atoms with Gasteiger partial charge in [-0.2, -0.15) is 0 Å². The van der Waals surface area contributed by atoms with Crippen LogP contribution in [0.4, 0.5) is 4.39 Å². The molecule has 6 rings (SSSR count). The van der Waals surface area contributed by atoms with Crippen LogP contribution in [0.1, 0.15) is 56.9 Å². The Morgan fingerprint density at radius 1 is 1.03 bits per heavy atom. The van der Waals surface area contributed by atoms with Gasteiger partial charge in [-0.3, -0.25) is 14.5 Å². The Bertz CT molecular complexity index is 833. The van der Waals surface area contributed by atoms with Crippen molar-refractivity contribution in [3.05, 3.63) is 35.6 Å². The highest BCUT2D eigenvalue weighted by Crippen LogP contribution is 2.58. The van der Waals surface area contributed by atoms with Crippen LogP contribution in [0.5, 0.6) is 0 Å². The number of benzene rings is 1. The largest absolute Gasteiger partial charge is 0.347 e. The van der Waals surface area contributed by atoms with Gasteiger partial charge in [-0.05, 0) is 93.4 Å². The normalized spacial score (nSPS) is 33.5. The van der Waals surface area contributed by atoms with E-state index in [-0.39, 0.29) is 29.2 Å². The fourth-order valence-corrected chi connectivity index (χ4v) is 7.54. The summed E-state index contributed by atoms with van der Waals surface area (Å²) in [6.45, 7) is 1.62. The molecule has 1 heterocycles. The van der Waals surface area contributed by atoms with Crippen LogP contribution in [-0.2, 0) is 16.1 Å². The second kappa shape index (κ2) is 8.44. The molecule has 4 aliphatic carbocycles. The van der Waals surface area contributed by atoms with Crippen molar-refractivity contribution in [1.82, 2.24) is 14.7 Å². The van der Waals surface area contributed by atoms with Crippen molar-refractivity contribution in [2.75, 3.05) is 27.2 Å². The molecule has 1 aliphatic heterocycles. The van der Waals surface area contributed by atoms with Crippen LogP contribution in [0.15, 0.2) is 24.3 Å². The molecule has 0 radical (unpaired) electrons. The molecule has 5 aliphatic rings. The Kier molecular flexibility index (Phi) is 5.77. The topological polar surface area (TPSA) is 43.9 Å². The van der Waals surface area contributed by atoms with E-state index < -0.39 is 0 Å². The lowest BCUT2D eigenvalue weighted by atomic mass is 9.52. The highest BCUT2D eigenvalue weighted by molar-refractivity contribution is 5.84. The number of carbonyl (C=O) groups excluding carboxylic acids is 2. The molecule has 0 N–H and O–H groups in total. The minimum Gasteiger partial charge on any atom is -0.347 e. The third kappa shape index (κ3) is 4.07. The van der Waals surface area contributed by atoms with Gasteiger partial charge in [0.15, 0.2) is 0 Å². The van der Waals surface area contributed by atoms with E-state index in [0.717, 1.165) is 62.0 Å². The summed E-state index contributed by atoms with van der Waals surface area (Å²) in [5.41, 5.74) is 0.916. The lowest BCUT2D eigenvalue weighted by molar-refractivity contribution is -0.154. The number of likely N-dealkylation sites (N-methyl/N-ethyl adjacent to an activating group) is 1. The number of hydrogen-bond acceptors (Lipinski definition) is 3. The molecule has 5 fully saturated rings. The second-order valence-corrected chi connectivity index (χ2v) is 11.1. The number of halogens is 1. The average Bonchev–Trinajstić information content (AvgIpc) is 3.19. The highest BCUT2D eigenvalue weighted by atomic mass is 19.1. The van der Waals surface area contributed by atoms with Crippen LogP contribution < -0.4 is 0 Å². The Balaban J connectivity index is 1.40. The van der Waals surface area contributed by atoms with Gasteiger partial charge >= 0.3 is 0 Å². The van der Waals surface area contributed by atoms with E-state index in [1.54, 1.807) is 19.0 Å².